The van der Waals surface area contributed by atoms with Crippen molar-refractivity contribution < 1.29 is 14.6 Å². The van der Waals surface area contributed by atoms with Gasteiger partial charge >= 0.3 is 0 Å². The summed E-state index contributed by atoms with van der Waals surface area (Å²) in [6.45, 7) is 10.1. The van der Waals surface area contributed by atoms with E-state index in [0.717, 1.165) is 32.3 Å². The summed E-state index contributed by atoms with van der Waals surface area (Å²) in [5, 5.41) is 9.25. The second-order valence-corrected chi connectivity index (χ2v) is 8.75. The van der Waals surface area contributed by atoms with E-state index in [2.05, 4.69) is 33.8 Å². The molecule has 0 aromatic carbocycles. The Labute approximate surface area is 141 Å². The van der Waals surface area contributed by atoms with Gasteiger partial charge in [-0.05, 0) is 75.5 Å². The number of aliphatic hydroxyl groups is 1. The van der Waals surface area contributed by atoms with Crippen molar-refractivity contribution in [3.05, 3.63) is 11.6 Å². The van der Waals surface area contributed by atoms with E-state index in [-0.39, 0.29) is 10.8 Å². The van der Waals surface area contributed by atoms with Gasteiger partial charge in [-0.2, -0.15) is 0 Å². The van der Waals surface area contributed by atoms with Crippen LogP contribution in [-0.4, -0.2) is 30.2 Å². The van der Waals surface area contributed by atoms with Crippen LogP contribution in [-0.2, 0) is 9.47 Å². The van der Waals surface area contributed by atoms with E-state index >= 15 is 0 Å². The first-order chi connectivity index (χ1) is 10.8. The van der Waals surface area contributed by atoms with Crippen LogP contribution >= 0.6 is 0 Å². The summed E-state index contributed by atoms with van der Waals surface area (Å²) in [5.41, 5.74) is 2.06. The maximum atomic E-state index is 9.25. The SMILES string of the molecule is CC1(C)OCC[C@]2(C)[C@H]3CCC=C(CCCO)[C@]3(C)CC[C@H]2O1. The third-order valence-corrected chi connectivity index (χ3v) is 6.93. The first-order valence-corrected chi connectivity index (χ1v) is 9.44. The fraction of sp³-hybridized carbons (Fsp3) is 0.900. The molecule has 1 saturated carbocycles. The minimum atomic E-state index is -0.458. The molecule has 0 bridgehead atoms. The van der Waals surface area contributed by atoms with Crippen molar-refractivity contribution >= 4 is 0 Å². The number of hydrogen-bond donors (Lipinski definition) is 1. The van der Waals surface area contributed by atoms with Gasteiger partial charge in [0.05, 0.1) is 12.7 Å². The lowest BCUT2D eigenvalue weighted by Gasteiger charge is -2.58. The van der Waals surface area contributed by atoms with E-state index in [1.807, 2.05) is 0 Å². The molecule has 2 fully saturated rings. The smallest absolute Gasteiger partial charge is 0.163 e. The highest BCUT2D eigenvalue weighted by Gasteiger charge is 2.57. The van der Waals surface area contributed by atoms with Crippen LogP contribution in [0.25, 0.3) is 0 Å². The number of aliphatic hydroxyl groups excluding tert-OH is 1. The van der Waals surface area contributed by atoms with Gasteiger partial charge in [0.25, 0.3) is 0 Å². The summed E-state index contributed by atoms with van der Waals surface area (Å²) in [6, 6.07) is 0. The molecule has 3 nitrogen and oxygen atoms in total. The van der Waals surface area contributed by atoms with Gasteiger partial charge in [-0.1, -0.05) is 25.5 Å². The lowest BCUT2D eigenvalue weighted by Crippen LogP contribution is -2.54. The summed E-state index contributed by atoms with van der Waals surface area (Å²) >= 11 is 0. The Balaban J connectivity index is 1.89. The summed E-state index contributed by atoms with van der Waals surface area (Å²) < 4.78 is 12.4. The van der Waals surface area contributed by atoms with Gasteiger partial charge in [-0.3, -0.25) is 0 Å². The van der Waals surface area contributed by atoms with E-state index in [4.69, 9.17) is 9.47 Å². The first-order valence-electron chi connectivity index (χ1n) is 9.44. The summed E-state index contributed by atoms with van der Waals surface area (Å²) in [7, 11) is 0. The monoisotopic (exact) mass is 322 g/mol. The van der Waals surface area contributed by atoms with Crippen molar-refractivity contribution in [2.45, 2.75) is 84.5 Å². The zero-order valence-corrected chi connectivity index (χ0v) is 15.4. The second-order valence-electron chi connectivity index (χ2n) is 8.75. The fourth-order valence-electron chi connectivity index (χ4n) is 5.66. The van der Waals surface area contributed by atoms with E-state index in [9.17, 15) is 5.11 Å². The minimum Gasteiger partial charge on any atom is -0.396 e. The molecule has 4 atom stereocenters. The molecule has 3 aliphatic rings. The molecule has 0 radical (unpaired) electrons. The van der Waals surface area contributed by atoms with Crippen LogP contribution in [0, 0.1) is 16.7 Å². The Kier molecular flexibility index (Phi) is 4.67. The fourth-order valence-corrected chi connectivity index (χ4v) is 5.66. The maximum Gasteiger partial charge on any atom is 0.163 e. The van der Waals surface area contributed by atoms with Gasteiger partial charge in [0.2, 0.25) is 0 Å². The van der Waals surface area contributed by atoms with Gasteiger partial charge in [0.15, 0.2) is 5.79 Å². The van der Waals surface area contributed by atoms with Crippen LogP contribution in [0.1, 0.15) is 72.6 Å². The molecule has 132 valence electrons. The van der Waals surface area contributed by atoms with Crippen LogP contribution < -0.4 is 0 Å². The normalized spacial score (nSPS) is 43.1. The van der Waals surface area contributed by atoms with Gasteiger partial charge in [0, 0.05) is 6.61 Å². The van der Waals surface area contributed by atoms with Crippen molar-refractivity contribution in [2.24, 2.45) is 16.7 Å². The third kappa shape index (κ3) is 3.01. The number of hydrogen-bond acceptors (Lipinski definition) is 3. The predicted molar refractivity (Wildman–Crippen MR) is 92.1 cm³/mol. The zero-order chi connectivity index (χ0) is 16.7. The van der Waals surface area contributed by atoms with Gasteiger partial charge in [0.1, 0.15) is 0 Å². The molecule has 0 aromatic rings. The standard InChI is InChI=1S/C20H34O3/c1-18(2)22-14-12-20(4)16-9-5-7-15(8-6-13-21)19(16,3)11-10-17(20)23-18/h7,16-17,21H,5-6,8-14H2,1-4H3/t16-,17+,19-,20+/m0/s1. The van der Waals surface area contributed by atoms with Crippen molar-refractivity contribution in [1.29, 1.82) is 0 Å². The molecular formula is C20H34O3. The van der Waals surface area contributed by atoms with E-state index in [1.54, 1.807) is 5.57 Å². The number of rotatable bonds is 3. The highest BCUT2D eigenvalue weighted by atomic mass is 16.7. The van der Waals surface area contributed by atoms with Crippen molar-refractivity contribution in [1.82, 2.24) is 0 Å². The molecule has 3 rings (SSSR count). The molecule has 0 spiro atoms. The highest BCUT2D eigenvalue weighted by molar-refractivity contribution is 5.23. The summed E-state index contributed by atoms with van der Waals surface area (Å²) in [6.07, 6.45) is 10.5. The average molecular weight is 322 g/mol. The maximum absolute atomic E-state index is 9.25. The Hall–Kier alpha value is -0.380. The van der Waals surface area contributed by atoms with E-state index < -0.39 is 5.79 Å². The molecule has 0 aromatic heterocycles. The van der Waals surface area contributed by atoms with Crippen molar-refractivity contribution in [3.8, 4) is 0 Å². The lowest BCUT2D eigenvalue weighted by molar-refractivity contribution is -0.247. The Bertz CT molecular complexity index is 470. The van der Waals surface area contributed by atoms with Crippen molar-refractivity contribution in [2.75, 3.05) is 13.2 Å². The van der Waals surface area contributed by atoms with Crippen LogP contribution in [0.15, 0.2) is 11.6 Å². The Morgan fingerprint density at radius 3 is 2.70 bits per heavy atom. The summed E-state index contributed by atoms with van der Waals surface area (Å²) in [5.74, 6) is 0.199. The van der Waals surface area contributed by atoms with Crippen LogP contribution in [0.3, 0.4) is 0 Å². The van der Waals surface area contributed by atoms with Crippen LogP contribution in [0.5, 0.6) is 0 Å². The topological polar surface area (TPSA) is 38.7 Å². The first kappa shape index (κ1) is 17.4. The molecule has 23 heavy (non-hydrogen) atoms. The van der Waals surface area contributed by atoms with E-state index in [1.165, 1.54) is 19.3 Å². The van der Waals surface area contributed by atoms with Gasteiger partial charge in [-0.15, -0.1) is 0 Å². The largest absolute Gasteiger partial charge is 0.396 e. The highest BCUT2D eigenvalue weighted by Crippen LogP contribution is 2.61. The second kappa shape index (κ2) is 6.16. The van der Waals surface area contributed by atoms with Gasteiger partial charge < -0.3 is 14.6 Å². The van der Waals surface area contributed by atoms with Crippen LogP contribution in [0.2, 0.25) is 0 Å². The van der Waals surface area contributed by atoms with Gasteiger partial charge in [-0.25, -0.2) is 0 Å². The van der Waals surface area contributed by atoms with E-state index in [0.29, 0.717) is 18.6 Å². The van der Waals surface area contributed by atoms with Crippen LogP contribution in [0.4, 0.5) is 0 Å². The minimum absolute atomic E-state index is 0.194. The number of fused-ring (bicyclic) bond motifs is 3. The molecule has 0 amide bonds. The Morgan fingerprint density at radius 2 is 1.96 bits per heavy atom. The molecule has 0 unspecified atom stereocenters. The molecule has 1 saturated heterocycles. The molecule has 1 aliphatic heterocycles. The molecule has 3 heteroatoms. The zero-order valence-electron chi connectivity index (χ0n) is 15.4. The predicted octanol–water partition coefficient (Wildman–Crippen LogP) is 4.44. The molecule has 2 aliphatic carbocycles. The number of ether oxygens (including phenoxy) is 2. The quantitative estimate of drug-likeness (QED) is 0.781. The molecule has 1 heterocycles. The Morgan fingerprint density at radius 1 is 1.17 bits per heavy atom. The summed E-state index contributed by atoms with van der Waals surface area (Å²) in [4.78, 5) is 0. The van der Waals surface area contributed by atoms with Crippen molar-refractivity contribution in [3.63, 3.8) is 0 Å². The lowest BCUT2D eigenvalue weighted by atomic mass is 9.48. The average Bonchev–Trinajstić information content (AvgIpc) is 2.60. The number of allylic oxidation sites excluding steroid dienone is 2. The third-order valence-electron chi connectivity index (χ3n) is 6.93. The molecular weight excluding hydrogens is 288 g/mol. The molecule has 1 N–H and O–H groups in total.